The Morgan fingerprint density at radius 2 is 2.08 bits per heavy atom. The lowest BCUT2D eigenvalue weighted by Gasteiger charge is -2.37. The zero-order valence-corrected chi connectivity index (χ0v) is 14.6. The SMILES string of the molecule is Cc1nonc1CN(C)C(=O)C(C)N1C(=O)C(C)Oc2ccccc21. The first-order chi connectivity index (χ1) is 11.9. The number of rotatable bonds is 4. The number of hydrogen-bond donors (Lipinski definition) is 0. The van der Waals surface area contributed by atoms with Gasteiger partial charge in [-0.1, -0.05) is 22.4 Å². The van der Waals surface area contributed by atoms with Crippen molar-refractivity contribution in [3.8, 4) is 5.75 Å². The minimum Gasteiger partial charge on any atom is -0.479 e. The molecule has 2 unspecified atom stereocenters. The highest BCUT2D eigenvalue weighted by Crippen LogP contribution is 2.35. The Bertz CT molecular complexity index is 803. The van der Waals surface area contributed by atoms with Gasteiger partial charge in [0, 0.05) is 7.05 Å². The Kier molecular flexibility index (Phi) is 4.43. The van der Waals surface area contributed by atoms with E-state index >= 15 is 0 Å². The fourth-order valence-corrected chi connectivity index (χ4v) is 2.84. The van der Waals surface area contributed by atoms with Crippen molar-refractivity contribution in [3.63, 3.8) is 0 Å². The fourth-order valence-electron chi connectivity index (χ4n) is 2.84. The first kappa shape index (κ1) is 16.9. The van der Waals surface area contributed by atoms with Crippen molar-refractivity contribution < 1.29 is 19.0 Å². The number of ether oxygens (including phenoxy) is 1. The van der Waals surface area contributed by atoms with E-state index in [0.717, 1.165) is 0 Å². The zero-order valence-electron chi connectivity index (χ0n) is 14.6. The van der Waals surface area contributed by atoms with Gasteiger partial charge in [0.15, 0.2) is 6.10 Å². The van der Waals surface area contributed by atoms with Gasteiger partial charge in [-0.05, 0) is 32.9 Å². The van der Waals surface area contributed by atoms with Crippen LogP contribution in [0.1, 0.15) is 25.2 Å². The minimum atomic E-state index is -0.676. The predicted molar refractivity (Wildman–Crippen MR) is 89.0 cm³/mol. The van der Waals surface area contributed by atoms with Gasteiger partial charge in [0.2, 0.25) is 5.91 Å². The van der Waals surface area contributed by atoms with Gasteiger partial charge in [0.25, 0.3) is 5.91 Å². The number of aryl methyl sites for hydroxylation is 1. The molecule has 25 heavy (non-hydrogen) atoms. The van der Waals surface area contributed by atoms with E-state index in [1.807, 2.05) is 12.1 Å². The molecule has 2 aromatic rings. The highest BCUT2D eigenvalue weighted by atomic mass is 16.6. The lowest BCUT2D eigenvalue weighted by atomic mass is 10.1. The number of nitrogens with zero attached hydrogens (tertiary/aromatic N) is 4. The largest absolute Gasteiger partial charge is 0.479 e. The molecule has 132 valence electrons. The van der Waals surface area contributed by atoms with Crippen LogP contribution in [0.25, 0.3) is 0 Å². The second-order valence-corrected chi connectivity index (χ2v) is 6.10. The number of amides is 2. The molecule has 2 atom stereocenters. The van der Waals surface area contributed by atoms with E-state index in [9.17, 15) is 9.59 Å². The van der Waals surface area contributed by atoms with Gasteiger partial charge in [-0.15, -0.1) is 0 Å². The topological polar surface area (TPSA) is 88.8 Å². The maximum atomic E-state index is 12.9. The summed E-state index contributed by atoms with van der Waals surface area (Å²) in [4.78, 5) is 28.5. The smallest absolute Gasteiger partial charge is 0.268 e. The number of fused-ring (bicyclic) bond motifs is 1. The second-order valence-electron chi connectivity index (χ2n) is 6.10. The minimum absolute atomic E-state index is 0.209. The molecule has 1 aromatic carbocycles. The molecule has 0 saturated heterocycles. The molecule has 0 spiro atoms. The molecular formula is C17H20N4O4. The molecule has 0 aliphatic carbocycles. The first-order valence-corrected chi connectivity index (χ1v) is 8.02. The number of para-hydroxylation sites is 2. The Balaban J connectivity index is 1.84. The van der Waals surface area contributed by atoms with Crippen LogP contribution in [0.4, 0.5) is 5.69 Å². The summed E-state index contributed by atoms with van der Waals surface area (Å²) in [6, 6.07) is 6.53. The van der Waals surface area contributed by atoms with Crippen LogP contribution in [0.15, 0.2) is 28.9 Å². The molecule has 0 radical (unpaired) electrons. The third kappa shape index (κ3) is 3.07. The summed E-state index contributed by atoms with van der Waals surface area (Å²) in [6.45, 7) is 5.40. The highest BCUT2D eigenvalue weighted by molar-refractivity contribution is 6.05. The van der Waals surface area contributed by atoms with Gasteiger partial charge in [0.05, 0.1) is 12.2 Å². The lowest BCUT2D eigenvalue weighted by Crippen LogP contribution is -2.54. The molecule has 1 aliphatic rings. The molecule has 2 amide bonds. The zero-order chi connectivity index (χ0) is 18.1. The predicted octanol–water partition coefficient (Wildman–Crippen LogP) is 1.54. The van der Waals surface area contributed by atoms with E-state index in [0.29, 0.717) is 22.8 Å². The van der Waals surface area contributed by atoms with Crippen molar-refractivity contribution >= 4 is 17.5 Å². The molecule has 1 aromatic heterocycles. The van der Waals surface area contributed by atoms with E-state index in [2.05, 4.69) is 14.9 Å². The third-order valence-electron chi connectivity index (χ3n) is 4.27. The maximum Gasteiger partial charge on any atom is 0.268 e. The molecule has 3 rings (SSSR count). The summed E-state index contributed by atoms with van der Waals surface area (Å²) in [5, 5.41) is 7.50. The number of aromatic nitrogens is 2. The van der Waals surface area contributed by atoms with Crippen molar-refractivity contribution in [2.24, 2.45) is 0 Å². The van der Waals surface area contributed by atoms with Crippen LogP contribution >= 0.6 is 0 Å². The van der Waals surface area contributed by atoms with Gasteiger partial charge in [-0.3, -0.25) is 14.5 Å². The van der Waals surface area contributed by atoms with E-state index in [4.69, 9.17) is 4.74 Å². The van der Waals surface area contributed by atoms with Gasteiger partial charge in [0.1, 0.15) is 23.2 Å². The molecule has 8 nitrogen and oxygen atoms in total. The van der Waals surface area contributed by atoms with E-state index in [-0.39, 0.29) is 18.4 Å². The Morgan fingerprint density at radius 3 is 2.76 bits per heavy atom. The highest BCUT2D eigenvalue weighted by Gasteiger charge is 2.37. The molecule has 0 fully saturated rings. The average Bonchev–Trinajstić information content (AvgIpc) is 2.99. The summed E-state index contributed by atoms with van der Waals surface area (Å²) in [5.41, 5.74) is 1.82. The number of hydrogen-bond acceptors (Lipinski definition) is 6. The van der Waals surface area contributed by atoms with E-state index < -0.39 is 12.1 Å². The van der Waals surface area contributed by atoms with Crippen LogP contribution in [-0.4, -0.2) is 46.2 Å². The molecular weight excluding hydrogens is 324 g/mol. The standard InChI is InChI=1S/C17H20N4O4/c1-10-13(19-25-18-10)9-20(4)16(22)11(2)21-14-7-5-6-8-15(14)24-12(3)17(21)23/h5-8,11-12H,9H2,1-4H3. The Morgan fingerprint density at radius 1 is 1.36 bits per heavy atom. The van der Waals surface area contributed by atoms with Crippen LogP contribution < -0.4 is 9.64 Å². The Hall–Kier alpha value is -2.90. The summed E-state index contributed by atoms with van der Waals surface area (Å²) in [6.07, 6.45) is -0.641. The van der Waals surface area contributed by atoms with E-state index in [1.54, 1.807) is 40.0 Å². The van der Waals surface area contributed by atoms with Gasteiger partial charge < -0.3 is 9.64 Å². The van der Waals surface area contributed by atoms with Crippen molar-refractivity contribution in [1.82, 2.24) is 15.2 Å². The normalized spacial score (nSPS) is 17.7. The number of carbonyl (C=O) groups excluding carboxylic acids is 2. The number of likely N-dealkylation sites (N-methyl/N-ethyl adjacent to an activating group) is 1. The lowest BCUT2D eigenvalue weighted by molar-refractivity contribution is -0.135. The molecule has 0 bridgehead atoms. The van der Waals surface area contributed by atoms with Crippen molar-refractivity contribution in [3.05, 3.63) is 35.7 Å². The van der Waals surface area contributed by atoms with Gasteiger partial charge in [-0.2, -0.15) is 0 Å². The van der Waals surface area contributed by atoms with Crippen LogP contribution in [0, 0.1) is 6.92 Å². The third-order valence-corrected chi connectivity index (χ3v) is 4.27. The van der Waals surface area contributed by atoms with E-state index in [1.165, 1.54) is 9.80 Å². The molecule has 0 saturated carbocycles. The van der Waals surface area contributed by atoms with Crippen LogP contribution in [0.5, 0.6) is 5.75 Å². The van der Waals surface area contributed by atoms with Gasteiger partial charge in [-0.25, -0.2) is 4.63 Å². The Labute approximate surface area is 145 Å². The van der Waals surface area contributed by atoms with Crippen molar-refractivity contribution in [2.75, 3.05) is 11.9 Å². The van der Waals surface area contributed by atoms with Crippen LogP contribution in [0.2, 0.25) is 0 Å². The average molecular weight is 344 g/mol. The number of benzene rings is 1. The maximum absolute atomic E-state index is 12.9. The summed E-state index contributed by atoms with van der Waals surface area (Å²) in [5.74, 6) is 0.139. The first-order valence-electron chi connectivity index (χ1n) is 8.02. The molecule has 8 heteroatoms. The summed E-state index contributed by atoms with van der Waals surface area (Å²) in [7, 11) is 1.66. The number of anilines is 1. The van der Waals surface area contributed by atoms with Crippen LogP contribution in [0.3, 0.4) is 0 Å². The van der Waals surface area contributed by atoms with Crippen molar-refractivity contribution in [1.29, 1.82) is 0 Å². The van der Waals surface area contributed by atoms with Crippen molar-refractivity contribution in [2.45, 2.75) is 39.5 Å². The van der Waals surface area contributed by atoms with Crippen LogP contribution in [-0.2, 0) is 16.1 Å². The summed E-state index contributed by atoms with van der Waals surface area (Å²) < 4.78 is 10.3. The molecule has 0 N–H and O–H groups in total. The second kappa shape index (κ2) is 6.54. The fraction of sp³-hybridized carbons (Fsp3) is 0.412. The monoisotopic (exact) mass is 344 g/mol. The number of carbonyl (C=O) groups is 2. The molecule has 2 heterocycles. The quantitative estimate of drug-likeness (QED) is 0.836. The van der Waals surface area contributed by atoms with Gasteiger partial charge >= 0.3 is 0 Å². The summed E-state index contributed by atoms with van der Waals surface area (Å²) >= 11 is 0. The molecule has 1 aliphatic heterocycles.